The van der Waals surface area contributed by atoms with Gasteiger partial charge in [0, 0.05) is 11.2 Å². The number of anilines is 1. The van der Waals surface area contributed by atoms with Crippen LogP contribution in [0.25, 0.3) is 0 Å². The van der Waals surface area contributed by atoms with E-state index in [9.17, 15) is 0 Å². The molecular weight excluding hydrogens is 279 g/mol. The van der Waals surface area contributed by atoms with Crippen molar-refractivity contribution in [1.29, 1.82) is 0 Å². The molecular formula is C15H16Cl2N2. The number of hydrogen-bond acceptors (Lipinski definition) is 2. The van der Waals surface area contributed by atoms with E-state index >= 15 is 0 Å². The third-order valence-electron chi connectivity index (χ3n) is 2.95. The van der Waals surface area contributed by atoms with Crippen molar-refractivity contribution in [2.45, 2.75) is 25.8 Å². The number of pyridine rings is 1. The van der Waals surface area contributed by atoms with Crippen LogP contribution in [0.15, 0.2) is 42.7 Å². The van der Waals surface area contributed by atoms with Gasteiger partial charge in [-0.25, -0.2) is 0 Å². The summed E-state index contributed by atoms with van der Waals surface area (Å²) in [6, 6.07) is 9.90. The van der Waals surface area contributed by atoms with Gasteiger partial charge >= 0.3 is 0 Å². The molecule has 0 radical (unpaired) electrons. The Morgan fingerprint density at radius 1 is 1.16 bits per heavy atom. The molecule has 0 spiro atoms. The molecule has 1 heterocycles. The number of halogens is 2. The summed E-state index contributed by atoms with van der Waals surface area (Å²) >= 11 is 12.1. The maximum absolute atomic E-state index is 6.16. The van der Waals surface area contributed by atoms with Crippen molar-refractivity contribution in [2.75, 3.05) is 5.32 Å². The zero-order valence-electron chi connectivity index (χ0n) is 10.7. The molecule has 1 aromatic carbocycles. The van der Waals surface area contributed by atoms with Gasteiger partial charge in [0.25, 0.3) is 0 Å². The summed E-state index contributed by atoms with van der Waals surface area (Å²) < 4.78 is 0. The monoisotopic (exact) mass is 294 g/mol. The Hall–Kier alpha value is -1.25. The lowest BCUT2D eigenvalue weighted by Gasteiger charge is -2.20. The second kappa shape index (κ2) is 6.78. The molecule has 0 saturated heterocycles. The van der Waals surface area contributed by atoms with E-state index in [-0.39, 0.29) is 6.04 Å². The van der Waals surface area contributed by atoms with Gasteiger partial charge < -0.3 is 5.32 Å². The molecule has 1 unspecified atom stereocenters. The quantitative estimate of drug-likeness (QED) is 0.805. The van der Waals surface area contributed by atoms with Crippen LogP contribution in [0.1, 0.15) is 31.4 Å². The molecule has 19 heavy (non-hydrogen) atoms. The maximum Gasteiger partial charge on any atom is 0.0720 e. The van der Waals surface area contributed by atoms with Crippen molar-refractivity contribution in [3.8, 4) is 0 Å². The molecule has 2 rings (SSSR count). The predicted molar refractivity (Wildman–Crippen MR) is 82.0 cm³/mol. The molecule has 2 aromatic rings. The molecule has 0 saturated carbocycles. The largest absolute Gasteiger partial charge is 0.376 e. The van der Waals surface area contributed by atoms with E-state index in [1.807, 2.05) is 24.3 Å². The number of rotatable bonds is 5. The molecule has 0 fully saturated rings. The fraction of sp³-hybridized carbons (Fsp3) is 0.267. The Balaban J connectivity index is 2.21. The smallest absolute Gasteiger partial charge is 0.0720 e. The first kappa shape index (κ1) is 14.2. The van der Waals surface area contributed by atoms with Crippen LogP contribution in [0.3, 0.4) is 0 Å². The van der Waals surface area contributed by atoms with Crippen LogP contribution < -0.4 is 5.32 Å². The fourth-order valence-corrected chi connectivity index (χ4v) is 2.26. The first-order valence-electron chi connectivity index (χ1n) is 6.32. The highest BCUT2D eigenvalue weighted by atomic mass is 35.5. The lowest BCUT2D eigenvalue weighted by atomic mass is 10.0. The van der Waals surface area contributed by atoms with Gasteiger partial charge in [-0.1, -0.05) is 48.7 Å². The topological polar surface area (TPSA) is 24.9 Å². The minimum absolute atomic E-state index is 0.212. The second-order valence-electron chi connectivity index (χ2n) is 4.39. The number of hydrogen-bond donors (Lipinski definition) is 1. The molecule has 1 N–H and O–H groups in total. The molecule has 2 nitrogen and oxygen atoms in total. The first-order chi connectivity index (χ1) is 9.20. The third-order valence-corrected chi connectivity index (χ3v) is 3.53. The second-order valence-corrected chi connectivity index (χ2v) is 5.24. The lowest BCUT2D eigenvalue weighted by Crippen LogP contribution is -2.11. The van der Waals surface area contributed by atoms with Crippen LogP contribution in [0.2, 0.25) is 10.0 Å². The van der Waals surface area contributed by atoms with E-state index in [2.05, 4.69) is 17.2 Å². The average Bonchev–Trinajstić information content (AvgIpc) is 2.42. The SMILES string of the molecule is CCCC(Nc1cnccc1Cl)c1ccc(Cl)cc1. The van der Waals surface area contributed by atoms with Crippen LogP contribution in [-0.2, 0) is 0 Å². The summed E-state index contributed by atoms with van der Waals surface area (Å²) in [5.41, 5.74) is 2.06. The van der Waals surface area contributed by atoms with Gasteiger partial charge in [0.1, 0.15) is 0 Å². The zero-order chi connectivity index (χ0) is 13.7. The van der Waals surface area contributed by atoms with Gasteiger partial charge in [-0.15, -0.1) is 0 Å². The molecule has 100 valence electrons. The first-order valence-corrected chi connectivity index (χ1v) is 7.08. The van der Waals surface area contributed by atoms with Gasteiger partial charge in [0.2, 0.25) is 0 Å². The molecule has 0 aliphatic carbocycles. The highest BCUT2D eigenvalue weighted by Crippen LogP contribution is 2.28. The van der Waals surface area contributed by atoms with Crippen molar-refractivity contribution in [3.63, 3.8) is 0 Å². The number of aromatic nitrogens is 1. The van der Waals surface area contributed by atoms with Crippen molar-refractivity contribution < 1.29 is 0 Å². The van der Waals surface area contributed by atoms with Crippen LogP contribution in [0.4, 0.5) is 5.69 Å². The molecule has 0 bridgehead atoms. The molecule has 0 aliphatic rings. The summed E-state index contributed by atoms with van der Waals surface area (Å²) in [7, 11) is 0. The van der Waals surface area contributed by atoms with Crippen LogP contribution >= 0.6 is 23.2 Å². The van der Waals surface area contributed by atoms with Gasteiger partial charge in [0.15, 0.2) is 0 Å². The van der Waals surface area contributed by atoms with E-state index in [4.69, 9.17) is 23.2 Å². The molecule has 1 atom stereocenters. The van der Waals surface area contributed by atoms with E-state index in [0.717, 1.165) is 23.6 Å². The summed E-state index contributed by atoms with van der Waals surface area (Å²) in [5.74, 6) is 0. The summed E-state index contributed by atoms with van der Waals surface area (Å²) in [4.78, 5) is 4.10. The van der Waals surface area contributed by atoms with E-state index in [1.165, 1.54) is 5.56 Å². The highest BCUT2D eigenvalue weighted by Gasteiger charge is 2.12. The van der Waals surface area contributed by atoms with E-state index < -0.39 is 0 Å². The van der Waals surface area contributed by atoms with Gasteiger partial charge in [-0.3, -0.25) is 4.98 Å². The molecule has 1 aromatic heterocycles. The summed E-state index contributed by atoms with van der Waals surface area (Å²) in [5, 5.41) is 4.88. The minimum atomic E-state index is 0.212. The van der Waals surface area contributed by atoms with Crippen LogP contribution in [0.5, 0.6) is 0 Å². The predicted octanol–water partition coefficient (Wildman–Crippen LogP) is 5.34. The van der Waals surface area contributed by atoms with E-state index in [1.54, 1.807) is 18.5 Å². The summed E-state index contributed by atoms with van der Waals surface area (Å²) in [6.45, 7) is 2.16. The summed E-state index contributed by atoms with van der Waals surface area (Å²) in [6.07, 6.45) is 5.54. The number of nitrogens with one attached hydrogen (secondary N) is 1. The molecule has 0 aliphatic heterocycles. The Morgan fingerprint density at radius 2 is 1.89 bits per heavy atom. The Labute approximate surface area is 123 Å². The molecule has 4 heteroatoms. The van der Waals surface area contributed by atoms with Crippen LogP contribution in [-0.4, -0.2) is 4.98 Å². The Morgan fingerprint density at radius 3 is 2.53 bits per heavy atom. The number of nitrogens with zero attached hydrogens (tertiary/aromatic N) is 1. The van der Waals surface area contributed by atoms with Gasteiger partial charge in [-0.2, -0.15) is 0 Å². The zero-order valence-corrected chi connectivity index (χ0v) is 12.2. The Bertz CT molecular complexity index is 526. The maximum atomic E-state index is 6.16. The normalized spacial score (nSPS) is 12.2. The number of benzene rings is 1. The van der Waals surface area contributed by atoms with Crippen LogP contribution in [0, 0.1) is 0 Å². The minimum Gasteiger partial charge on any atom is -0.376 e. The molecule has 0 amide bonds. The average molecular weight is 295 g/mol. The fourth-order valence-electron chi connectivity index (χ4n) is 1.98. The lowest BCUT2D eigenvalue weighted by molar-refractivity contribution is 0.677. The van der Waals surface area contributed by atoms with Crippen molar-refractivity contribution in [1.82, 2.24) is 4.98 Å². The Kier molecular flexibility index (Phi) is 5.06. The standard InChI is InChI=1S/C15H16Cl2N2/c1-2-3-14(11-4-6-12(16)7-5-11)19-15-10-18-9-8-13(15)17/h4-10,14,19H,2-3H2,1H3. The van der Waals surface area contributed by atoms with Gasteiger partial charge in [-0.05, 0) is 30.2 Å². The third kappa shape index (κ3) is 3.85. The van der Waals surface area contributed by atoms with Gasteiger partial charge in [0.05, 0.1) is 22.9 Å². The van der Waals surface area contributed by atoms with Crippen molar-refractivity contribution in [3.05, 3.63) is 58.3 Å². The highest BCUT2D eigenvalue weighted by molar-refractivity contribution is 6.33. The van der Waals surface area contributed by atoms with Crippen molar-refractivity contribution in [2.24, 2.45) is 0 Å². The van der Waals surface area contributed by atoms with E-state index in [0.29, 0.717) is 5.02 Å². The van der Waals surface area contributed by atoms with Crippen molar-refractivity contribution >= 4 is 28.9 Å².